The average Bonchev–Trinajstić information content (AvgIpc) is 2.36. The molecule has 0 aromatic heterocycles. The molecule has 2 nitrogen and oxygen atoms in total. The molecule has 0 atom stereocenters. The molecule has 0 heterocycles. The summed E-state index contributed by atoms with van der Waals surface area (Å²) in [5.74, 6) is -0.748. The Morgan fingerprint density at radius 3 is 2.68 bits per heavy atom. The lowest BCUT2D eigenvalue weighted by Crippen LogP contribution is -2.13. The van der Waals surface area contributed by atoms with E-state index < -0.39 is 5.82 Å². The maximum absolute atomic E-state index is 13.4. The number of anilines is 1. The van der Waals surface area contributed by atoms with Crippen LogP contribution in [0.4, 0.5) is 10.1 Å². The van der Waals surface area contributed by atoms with Gasteiger partial charge in [0, 0.05) is 16.3 Å². The molecule has 0 bridgehead atoms. The predicted octanol–water partition coefficient (Wildman–Crippen LogP) is 4.80. The molecule has 98 valence electrons. The van der Waals surface area contributed by atoms with Crippen LogP contribution in [-0.4, -0.2) is 5.91 Å². The molecular formula is C14H10BrClFNO. The Labute approximate surface area is 123 Å². The molecule has 2 aromatic rings. The molecule has 0 fully saturated rings. The summed E-state index contributed by atoms with van der Waals surface area (Å²) in [6.07, 6.45) is 0. The Morgan fingerprint density at radius 1 is 1.26 bits per heavy atom. The molecule has 0 aliphatic rings. The lowest BCUT2D eigenvalue weighted by atomic mass is 10.1. The van der Waals surface area contributed by atoms with Gasteiger partial charge in [0.05, 0.1) is 4.47 Å². The molecule has 0 spiro atoms. The fourth-order valence-corrected chi connectivity index (χ4v) is 2.03. The van der Waals surface area contributed by atoms with Gasteiger partial charge in [-0.05, 0) is 58.7 Å². The van der Waals surface area contributed by atoms with Crippen LogP contribution in [0.1, 0.15) is 15.9 Å². The Balaban J connectivity index is 2.25. The van der Waals surface area contributed by atoms with Gasteiger partial charge >= 0.3 is 0 Å². The second-order valence-corrected chi connectivity index (χ2v) is 5.33. The molecule has 1 N–H and O–H groups in total. The van der Waals surface area contributed by atoms with Gasteiger partial charge < -0.3 is 5.32 Å². The standard InChI is InChI=1S/C14H10BrClFNO/c1-8-2-3-9(16)6-11(8)14(19)18-10-4-5-12(15)13(17)7-10/h2-7H,1H3,(H,18,19). The number of benzene rings is 2. The zero-order valence-electron chi connectivity index (χ0n) is 10.0. The highest BCUT2D eigenvalue weighted by atomic mass is 79.9. The third-order valence-corrected chi connectivity index (χ3v) is 3.50. The number of aryl methyl sites for hydroxylation is 1. The smallest absolute Gasteiger partial charge is 0.255 e. The van der Waals surface area contributed by atoms with Gasteiger partial charge in [0.2, 0.25) is 0 Å². The molecule has 2 aromatic carbocycles. The van der Waals surface area contributed by atoms with Crippen molar-refractivity contribution in [3.8, 4) is 0 Å². The highest BCUT2D eigenvalue weighted by Gasteiger charge is 2.11. The van der Waals surface area contributed by atoms with Crippen molar-refractivity contribution >= 4 is 39.1 Å². The van der Waals surface area contributed by atoms with E-state index in [2.05, 4.69) is 21.2 Å². The van der Waals surface area contributed by atoms with E-state index in [-0.39, 0.29) is 5.91 Å². The molecule has 0 saturated carbocycles. The van der Waals surface area contributed by atoms with Crippen molar-refractivity contribution in [2.24, 2.45) is 0 Å². The molecule has 0 aliphatic heterocycles. The Morgan fingerprint density at radius 2 is 2.00 bits per heavy atom. The van der Waals surface area contributed by atoms with Crippen molar-refractivity contribution in [1.29, 1.82) is 0 Å². The molecule has 2 rings (SSSR count). The first-order valence-electron chi connectivity index (χ1n) is 5.50. The first-order valence-corrected chi connectivity index (χ1v) is 6.67. The summed E-state index contributed by atoms with van der Waals surface area (Å²) in [6, 6.07) is 9.47. The zero-order chi connectivity index (χ0) is 14.0. The maximum Gasteiger partial charge on any atom is 0.255 e. The number of rotatable bonds is 2. The van der Waals surface area contributed by atoms with Crippen LogP contribution in [0.2, 0.25) is 5.02 Å². The largest absolute Gasteiger partial charge is 0.322 e. The van der Waals surface area contributed by atoms with E-state index in [1.807, 2.05) is 6.92 Å². The molecule has 1 amide bonds. The highest BCUT2D eigenvalue weighted by Crippen LogP contribution is 2.21. The van der Waals surface area contributed by atoms with Gasteiger partial charge in [-0.3, -0.25) is 4.79 Å². The normalized spacial score (nSPS) is 10.3. The summed E-state index contributed by atoms with van der Waals surface area (Å²) in [5.41, 5.74) is 1.67. The molecule has 0 radical (unpaired) electrons. The fraction of sp³-hybridized carbons (Fsp3) is 0.0714. The van der Waals surface area contributed by atoms with Gasteiger partial charge in [-0.2, -0.15) is 0 Å². The van der Waals surface area contributed by atoms with Crippen LogP contribution in [0.25, 0.3) is 0 Å². The molecule has 0 saturated heterocycles. The second kappa shape index (κ2) is 5.72. The minimum atomic E-state index is -0.430. The van der Waals surface area contributed by atoms with Crippen molar-refractivity contribution in [1.82, 2.24) is 0 Å². The SMILES string of the molecule is Cc1ccc(Cl)cc1C(=O)Nc1ccc(Br)c(F)c1. The van der Waals surface area contributed by atoms with Gasteiger partial charge in [-0.15, -0.1) is 0 Å². The number of halogens is 3. The minimum Gasteiger partial charge on any atom is -0.322 e. The first kappa shape index (κ1) is 14.0. The fourth-order valence-electron chi connectivity index (χ4n) is 1.61. The lowest BCUT2D eigenvalue weighted by Gasteiger charge is -2.08. The zero-order valence-corrected chi connectivity index (χ0v) is 12.3. The number of hydrogen-bond acceptors (Lipinski definition) is 1. The summed E-state index contributed by atoms with van der Waals surface area (Å²) >= 11 is 8.92. The lowest BCUT2D eigenvalue weighted by molar-refractivity contribution is 0.102. The topological polar surface area (TPSA) is 29.1 Å². The van der Waals surface area contributed by atoms with E-state index in [4.69, 9.17) is 11.6 Å². The second-order valence-electron chi connectivity index (χ2n) is 4.04. The molecular weight excluding hydrogens is 333 g/mol. The monoisotopic (exact) mass is 341 g/mol. The number of amides is 1. The van der Waals surface area contributed by atoms with Gasteiger partial charge in [0.15, 0.2) is 0 Å². The van der Waals surface area contributed by atoms with Crippen molar-refractivity contribution in [3.05, 3.63) is 62.8 Å². The van der Waals surface area contributed by atoms with Crippen LogP contribution in [-0.2, 0) is 0 Å². The quantitative estimate of drug-likeness (QED) is 0.834. The van der Waals surface area contributed by atoms with Crippen molar-refractivity contribution in [3.63, 3.8) is 0 Å². The maximum atomic E-state index is 13.4. The van der Waals surface area contributed by atoms with E-state index in [9.17, 15) is 9.18 Å². The van der Waals surface area contributed by atoms with E-state index in [0.29, 0.717) is 20.7 Å². The predicted molar refractivity (Wildman–Crippen MR) is 78.2 cm³/mol. The summed E-state index contributed by atoms with van der Waals surface area (Å²) < 4.78 is 13.7. The number of carbonyl (C=O) groups is 1. The summed E-state index contributed by atoms with van der Waals surface area (Å²) in [4.78, 5) is 12.1. The van der Waals surface area contributed by atoms with Gasteiger partial charge in [0.1, 0.15) is 5.82 Å². The Bertz CT molecular complexity index is 645. The summed E-state index contributed by atoms with van der Waals surface area (Å²) in [5, 5.41) is 3.12. The third-order valence-electron chi connectivity index (χ3n) is 2.62. The van der Waals surface area contributed by atoms with Crippen molar-refractivity contribution in [2.75, 3.05) is 5.32 Å². The Kier molecular flexibility index (Phi) is 4.22. The summed E-state index contributed by atoms with van der Waals surface area (Å²) in [7, 11) is 0. The van der Waals surface area contributed by atoms with Crippen LogP contribution in [0.5, 0.6) is 0 Å². The number of nitrogens with one attached hydrogen (secondary N) is 1. The molecule has 0 unspecified atom stereocenters. The van der Waals surface area contributed by atoms with Crippen LogP contribution >= 0.6 is 27.5 Å². The van der Waals surface area contributed by atoms with Gasteiger partial charge in [-0.25, -0.2) is 4.39 Å². The third kappa shape index (κ3) is 3.33. The first-order chi connectivity index (χ1) is 8.97. The van der Waals surface area contributed by atoms with Crippen molar-refractivity contribution < 1.29 is 9.18 Å². The number of hydrogen-bond donors (Lipinski definition) is 1. The van der Waals surface area contributed by atoms with E-state index in [1.54, 1.807) is 24.3 Å². The average molecular weight is 343 g/mol. The Hall–Kier alpha value is -1.39. The number of carbonyl (C=O) groups excluding carboxylic acids is 1. The van der Waals surface area contributed by atoms with Gasteiger partial charge in [0.25, 0.3) is 5.91 Å². The van der Waals surface area contributed by atoms with E-state index in [0.717, 1.165) is 5.56 Å². The molecule has 5 heteroatoms. The van der Waals surface area contributed by atoms with Crippen LogP contribution in [0, 0.1) is 12.7 Å². The van der Waals surface area contributed by atoms with Crippen LogP contribution in [0.3, 0.4) is 0 Å². The summed E-state index contributed by atoms with van der Waals surface area (Å²) in [6.45, 7) is 1.81. The molecule has 0 aliphatic carbocycles. The van der Waals surface area contributed by atoms with Gasteiger partial charge in [-0.1, -0.05) is 17.7 Å². The van der Waals surface area contributed by atoms with Crippen LogP contribution < -0.4 is 5.32 Å². The van der Waals surface area contributed by atoms with Crippen molar-refractivity contribution in [2.45, 2.75) is 6.92 Å². The minimum absolute atomic E-state index is 0.318. The van der Waals surface area contributed by atoms with E-state index in [1.165, 1.54) is 12.1 Å². The van der Waals surface area contributed by atoms with E-state index >= 15 is 0 Å². The highest BCUT2D eigenvalue weighted by molar-refractivity contribution is 9.10. The van der Waals surface area contributed by atoms with Crippen LogP contribution in [0.15, 0.2) is 40.9 Å². The molecule has 19 heavy (non-hydrogen) atoms.